The van der Waals surface area contributed by atoms with Crippen LogP contribution in [0, 0.1) is 0 Å². The third-order valence-electron chi connectivity index (χ3n) is 1.80. The average molecular weight is 222 g/mol. The fourth-order valence-electron chi connectivity index (χ4n) is 1.14. The van der Waals surface area contributed by atoms with Gasteiger partial charge in [0.1, 0.15) is 5.01 Å². The molecule has 0 amide bonds. The van der Waals surface area contributed by atoms with Gasteiger partial charge in [-0.15, -0.1) is 11.3 Å². The summed E-state index contributed by atoms with van der Waals surface area (Å²) in [5.74, 6) is 0.839. The summed E-state index contributed by atoms with van der Waals surface area (Å²) in [4.78, 5) is 8.73. The molecule has 2 nitrogen and oxygen atoms in total. The molecule has 0 N–H and O–H groups in total. The van der Waals surface area contributed by atoms with Crippen molar-refractivity contribution >= 4 is 24.0 Å². The Bertz CT molecular complexity index is 398. The predicted molar refractivity (Wildman–Crippen MR) is 62.9 cm³/mol. The summed E-state index contributed by atoms with van der Waals surface area (Å²) < 4.78 is 0. The molecule has 4 heteroatoms. The molecule has 0 aliphatic carbocycles. The van der Waals surface area contributed by atoms with Gasteiger partial charge in [-0.3, -0.25) is 4.98 Å². The second kappa shape index (κ2) is 4.57. The highest BCUT2D eigenvalue weighted by molar-refractivity contribution is 7.80. The summed E-state index contributed by atoms with van der Waals surface area (Å²) in [5.41, 5.74) is 2.05. The van der Waals surface area contributed by atoms with Crippen molar-refractivity contribution in [2.45, 2.75) is 6.42 Å². The van der Waals surface area contributed by atoms with E-state index in [0.29, 0.717) is 0 Å². The van der Waals surface area contributed by atoms with E-state index in [0.717, 1.165) is 28.6 Å². The predicted octanol–water partition coefficient (Wildman–Crippen LogP) is 2.68. The third kappa shape index (κ3) is 2.13. The standard InChI is InChI=1S/C10H10N2S2/c13-6-4-8-7-14-10(12-8)9-3-1-2-5-11-9/h1-3,5,7,13H,4,6H2. The van der Waals surface area contributed by atoms with Crippen molar-refractivity contribution in [1.29, 1.82) is 0 Å². The van der Waals surface area contributed by atoms with E-state index in [2.05, 4.69) is 28.0 Å². The summed E-state index contributed by atoms with van der Waals surface area (Å²) >= 11 is 5.81. The van der Waals surface area contributed by atoms with E-state index < -0.39 is 0 Å². The first kappa shape index (κ1) is 9.68. The lowest BCUT2D eigenvalue weighted by molar-refractivity contribution is 1.08. The van der Waals surface area contributed by atoms with Crippen LogP contribution in [0.25, 0.3) is 10.7 Å². The lowest BCUT2D eigenvalue weighted by Crippen LogP contribution is -1.86. The van der Waals surface area contributed by atoms with Crippen molar-refractivity contribution in [2.75, 3.05) is 5.75 Å². The average Bonchev–Trinajstić information content (AvgIpc) is 2.68. The molecule has 0 unspecified atom stereocenters. The van der Waals surface area contributed by atoms with E-state index in [1.807, 2.05) is 18.2 Å². The van der Waals surface area contributed by atoms with E-state index in [4.69, 9.17) is 0 Å². The molecule has 0 bridgehead atoms. The molecule has 2 aromatic heterocycles. The quantitative estimate of drug-likeness (QED) is 0.808. The van der Waals surface area contributed by atoms with Crippen LogP contribution >= 0.6 is 24.0 Å². The van der Waals surface area contributed by atoms with Gasteiger partial charge in [-0.1, -0.05) is 6.07 Å². The number of hydrogen-bond acceptors (Lipinski definition) is 4. The molecule has 0 fully saturated rings. The highest BCUT2D eigenvalue weighted by Crippen LogP contribution is 2.21. The fourth-order valence-corrected chi connectivity index (χ4v) is 2.20. The molecular formula is C10H10N2S2. The molecule has 0 saturated carbocycles. The van der Waals surface area contributed by atoms with Crippen molar-refractivity contribution in [3.05, 3.63) is 35.5 Å². The van der Waals surface area contributed by atoms with Gasteiger partial charge in [0.2, 0.25) is 0 Å². The van der Waals surface area contributed by atoms with Crippen LogP contribution in [0.1, 0.15) is 5.69 Å². The fraction of sp³-hybridized carbons (Fsp3) is 0.200. The zero-order valence-corrected chi connectivity index (χ0v) is 9.26. The molecule has 2 aromatic rings. The Morgan fingerprint density at radius 2 is 2.29 bits per heavy atom. The maximum absolute atomic E-state index is 4.48. The van der Waals surface area contributed by atoms with Crippen molar-refractivity contribution < 1.29 is 0 Å². The van der Waals surface area contributed by atoms with Crippen LogP contribution in [-0.4, -0.2) is 15.7 Å². The highest BCUT2D eigenvalue weighted by Gasteiger charge is 2.03. The Morgan fingerprint density at radius 1 is 1.36 bits per heavy atom. The van der Waals surface area contributed by atoms with Gasteiger partial charge < -0.3 is 0 Å². The van der Waals surface area contributed by atoms with Gasteiger partial charge in [-0.2, -0.15) is 12.6 Å². The Labute approximate surface area is 92.5 Å². The minimum absolute atomic E-state index is 0.839. The SMILES string of the molecule is SCCc1csc(-c2ccccn2)n1. The van der Waals surface area contributed by atoms with E-state index in [9.17, 15) is 0 Å². The number of aryl methyl sites for hydroxylation is 1. The zero-order chi connectivity index (χ0) is 9.80. The van der Waals surface area contributed by atoms with Gasteiger partial charge in [0.25, 0.3) is 0 Å². The van der Waals surface area contributed by atoms with Gasteiger partial charge in [0.15, 0.2) is 0 Å². The van der Waals surface area contributed by atoms with Gasteiger partial charge in [0, 0.05) is 11.6 Å². The molecule has 72 valence electrons. The second-order valence-corrected chi connectivity index (χ2v) is 4.14. The molecule has 0 aliphatic heterocycles. The van der Waals surface area contributed by atoms with Crippen LogP contribution in [0.2, 0.25) is 0 Å². The maximum atomic E-state index is 4.48. The van der Waals surface area contributed by atoms with Crippen molar-refractivity contribution in [3.63, 3.8) is 0 Å². The Hall–Kier alpha value is -0.870. The zero-order valence-electron chi connectivity index (χ0n) is 7.55. The molecule has 0 saturated heterocycles. The third-order valence-corrected chi connectivity index (χ3v) is 2.94. The minimum Gasteiger partial charge on any atom is -0.254 e. The molecular weight excluding hydrogens is 212 g/mol. The lowest BCUT2D eigenvalue weighted by atomic mass is 10.3. The molecule has 2 rings (SSSR count). The van der Waals surface area contributed by atoms with Crippen LogP contribution in [0.3, 0.4) is 0 Å². The lowest BCUT2D eigenvalue weighted by Gasteiger charge is -1.92. The number of aromatic nitrogens is 2. The van der Waals surface area contributed by atoms with E-state index >= 15 is 0 Å². The minimum atomic E-state index is 0.839. The molecule has 0 atom stereocenters. The van der Waals surface area contributed by atoms with Crippen LogP contribution in [-0.2, 0) is 6.42 Å². The Morgan fingerprint density at radius 3 is 3.00 bits per heavy atom. The molecule has 0 aromatic carbocycles. The van der Waals surface area contributed by atoms with Crippen molar-refractivity contribution in [3.8, 4) is 10.7 Å². The summed E-state index contributed by atoms with van der Waals surface area (Å²) in [5, 5.41) is 3.06. The number of hydrogen-bond donors (Lipinski definition) is 1. The van der Waals surface area contributed by atoms with E-state index in [-0.39, 0.29) is 0 Å². The first-order chi connectivity index (χ1) is 6.90. The number of thiazole rings is 1. The molecule has 2 heterocycles. The highest BCUT2D eigenvalue weighted by atomic mass is 32.1. The topological polar surface area (TPSA) is 25.8 Å². The van der Waals surface area contributed by atoms with Gasteiger partial charge in [-0.25, -0.2) is 4.98 Å². The summed E-state index contributed by atoms with van der Waals surface area (Å²) in [6, 6.07) is 5.86. The smallest absolute Gasteiger partial charge is 0.142 e. The van der Waals surface area contributed by atoms with Crippen molar-refractivity contribution in [1.82, 2.24) is 9.97 Å². The summed E-state index contributed by atoms with van der Waals surface area (Å²) in [7, 11) is 0. The molecule has 0 aliphatic rings. The van der Waals surface area contributed by atoms with E-state index in [1.54, 1.807) is 17.5 Å². The van der Waals surface area contributed by atoms with Crippen LogP contribution in [0.15, 0.2) is 29.8 Å². The van der Waals surface area contributed by atoms with Gasteiger partial charge in [-0.05, 0) is 24.3 Å². The molecule has 0 spiro atoms. The Kier molecular flexibility index (Phi) is 3.16. The Balaban J connectivity index is 2.25. The van der Waals surface area contributed by atoms with Crippen LogP contribution in [0.4, 0.5) is 0 Å². The van der Waals surface area contributed by atoms with Crippen LogP contribution in [0.5, 0.6) is 0 Å². The van der Waals surface area contributed by atoms with Crippen LogP contribution < -0.4 is 0 Å². The number of rotatable bonds is 3. The van der Waals surface area contributed by atoms with Crippen molar-refractivity contribution in [2.24, 2.45) is 0 Å². The normalized spacial score (nSPS) is 10.4. The number of pyridine rings is 1. The van der Waals surface area contributed by atoms with E-state index in [1.165, 1.54) is 0 Å². The summed E-state index contributed by atoms with van der Waals surface area (Å²) in [6.07, 6.45) is 2.71. The summed E-state index contributed by atoms with van der Waals surface area (Å²) in [6.45, 7) is 0. The molecule has 0 radical (unpaired) electrons. The van der Waals surface area contributed by atoms with Gasteiger partial charge in [0.05, 0.1) is 11.4 Å². The maximum Gasteiger partial charge on any atom is 0.142 e. The largest absolute Gasteiger partial charge is 0.254 e. The van der Waals surface area contributed by atoms with Gasteiger partial charge >= 0.3 is 0 Å². The number of thiol groups is 1. The second-order valence-electron chi connectivity index (χ2n) is 2.83. The monoisotopic (exact) mass is 222 g/mol. The first-order valence-corrected chi connectivity index (χ1v) is 5.88. The first-order valence-electron chi connectivity index (χ1n) is 4.37. The number of nitrogens with zero attached hydrogens (tertiary/aromatic N) is 2. The molecule has 14 heavy (non-hydrogen) atoms.